The minimum atomic E-state index is 0.319. The highest BCUT2D eigenvalue weighted by Crippen LogP contribution is 2.36. The molecule has 0 saturated heterocycles. The molecule has 18 heavy (non-hydrogen) atoms. The second-order valence-electron chi connectivity index (χ2n) is 5.73. The van der Waals surface area contributed by atoms with Crippen LogP contribution in [0.3, 0.4) is 0 Å². The minimum Gasteiger partial charge on any atom is -0.389 e. The fraction of sp³-hybridized carbons (Fsp3) is 0.571. The van der Waals surface area contributed by atoms with E-state index in [0.717, 1.165) is 11.4 Å². The summed E-state index contributed by atoms with van der Waals surface area (Å²) in [6.07, 6.45) is 6.83. The average molecular weight is 263 g/mol. The van der Waals surface area contributed by atoms with Crippen molar-refractivity contribution >= 4 is 23.0 Å². The van der Waals surface area contributed by atoms with Gasteiger partial charge >= 0.3 is 0 Å². The first-order valence-corrected chi connectivity index (χ1v) is 6.92. The Morgan fingerprint density at radius 2 is 2.28 bits per heavy atom. The van der Waals surface area contributed by atoms with Crippen LogP contribution in [0.1, 0.15) is 45.1 Å². The van der Waals surface area contributed by atoms with Gasteiger partial charge in [-0.05, 0) is 30.4 Å². The van der Waals surface area contributed by atoms with Crippen molar-refractivity contribution < 1.29 is 0 Å². The van der Waals surface area contributed by atoms with Crippen molar-refractivity contribution in [3.05, 3.63) is 23.9 Å². The molecule has 0 amide bonds. The van der Waals surface area contributed by atoms with Gasteiger partial charge in [0.2, 0.25) is 0 Å². The molecule has 1 atom stereocenters. The summed E-state index contributed by atoms with van der Waals surface area (Å²) in [5.41, 5.74) is 6.83. The normalized spacial score (nSPS) is 22.4. The first-order valence-electron chi connectivity index (χ1n) is 6.51. The van der Waals surface area contributed by atoms with Gasteiger partial charge in [0.25, 0.3) is 0 Å². The van der Waals surface area contributed by atoms with E-state index in [1.165, 1.54) is 25.7 Å². The van der Waals surface area contributed by atoms with Gasteiger partial charge in [-0.3, -0.25) is 0 Å². The number of rotatable bonds is 3. The molecule has 1 fully saturated rings. The zero-order chi connectivity index (χ0) is 13.2. The number of aromatic nitrogens is 1. The standard InChI is InChI=1S/C14H21N3S/c1-14(2)7-4-3-5-11(14)17-12-9-10(13(15)18)6-8-16-12/h6,8-9,11H,3-5,7H2,1-2H3,(H2,15,18)(H,16,17). The van der Waals surface area contributed by atoms with Crippen LogP contribution >= 0.6 is 12.2 Å². The topological polar surface area (TPSA) is 50.9 Å². The Labute approximate surface area is 114 Å². The van der Waals surface area contributed by atoms with Gasteiger partial charge in [0.1, 0.15) is 10.8 Å². The molecule has 0 radical (unpaired) electrons. The Hall–Kier alpha value is -1.16. The zero-order valence-electron chi connectivity index (χ0n) is 11.1. The number of nitrogens with zero attached hydrogens (tertiary/aromatic N) is 1. The molecule has 1 heterocycles. The van der Waals surface area contributed by atoms with Gasteiger partial charge in [-0.15, -0.1) is 0 Å². The summed E-state index contributed by atoms with van der Waals surface area (Å²) in [4.78, 5) is 4.77. The number of hydrogen-bond acceptors (Lipinski definition) is 3. The lowest BCUT2D eigenvalue weighted by molar-refractivity contribution is 0.216. The van der Waals surface area contributed by atoms with Crippen LogP contribution < -0.4 is 11.1 Å². The Bertz CT molecular complexity index is 442. The van der Waals surface area contributed by atoms with E-state index in [2.05, 4.69) is 24.1 Å². The Kier molecular flexibility index (Phi) is 3.85. The molecule has 98 valence electrons. The van der Waals surface area contributed by atoms with Gasteiger partial charge in [0, 0.05) is 17.8 Å². The quantitative estimate of drug-likeness (QED) is 0.823. The van der Waals surface area contributed by atoms with E-state index in [1.54, 1.807) is 6.20 Å². The van der Waals surface area contributed by atoms with Crippen LogP contribution in [0.4, 0.5) is 5.82 Å². The van der Waals surface area contributed by atoms with Crippen LogP contribution in [0, 0.1) is 5.41 Å². The number of nitrogens with one attached hydrogen (secondary N) is 1. The minimum absolute atomic E-state index is 0.319. The summed E-state index contributed by atoms with van der Waals surface area (Å²) < 4.78 is 0. The van der Waals surface area contributed by atoms with E-state index in [4.69, 9.17) is 18.0 Å². The molecule has 3 N–H and O–H groups in total. The molecule has 1 saturated carbocycles. The SMILES string of the molecule is CC1(C)CCCCC1Nc1cc(C(N)=S)ccn1. The third-order valence-electron chi connectivity index (χ3n) is 3.87. The highest BCUT2D eigenvalue weighted by molar-refractivity contribution is 7.80. The third-order valence-corrected chi connectivity index (χ3v) is 4.11. The van der Waals surface area contributed by atoms with Crippen LogP contribution in [0.5, 0.6) is 0 Å². The zero-order valence-corrected chi connectivity index (χ0v) is 11.9. The Morgan fingerprint density at radius 3 is 2.94 bits per heavy atom. The molecule has 3 nitrogen and oxygen atoms in total. The second kappa shape index (κ2) is 5.22. The maximum absolute atomic E-state index is 5.64. The summed E-state index contributed by atoms with van der Waals surface area (Å²) in [6, 6.07) is 4.26. The maximum atomic E-state index is 5.64. The van der Waals surface area contributed by atoms with E-state index in [-0.39, 0.29) is 0 Å². The average Bonchev–Trinajstić information content (AvgIpc) is 2.32. The smallest absolute Gasteiger partial charge is 0.126 e. The molecule has 1 aromatic heterocycles. The summed E-state index contributed by atoms with van der Waals surface area (Å²) in [7, 11) is 0. The molecule has 1 aliphatic rings. The lowest BCUT2D eigenvalue weighted by Crippen LogP contribution is -2.39. The van der Waals surface area contributed by atoms with Gasteiger partial charge in [-0.2, -0.15) is 0 Å². The van der Waals surface area contributed by atoms with Crippen LogP contribution in [-0.4, -0.2) is 16.0 Å². The van der Waals surface area contributed by atoms with Crippen molar-refractivity contribution in [3.63, 3.8) is 0 Å². The van der Waals surface area contributed by atoms with Gasteiger partial charge in [0.05, 0.1) is 0 Å². The highest BCUT2D eigenvalue weighted by Gasteiger charge is 2.32. The maximum Gasteiger partial charge on any atom is 0.126 e. The van der Waals surface area contributed by atoms with E-state index < -0.39 is 0 Å². The van der Waals surface area contributed by atoms with E-state index in [9.17, 15) is 0 Å². The predicted molar refractivity (Wildman–Crippen MR) is 79.8 cm³/mol. The summed E-state index contributed by atoms with van der Waals surface area (Å²) in [5, 5.41) is 3.54. The predicted octanol–water partition coefficient (Wildman–Crippen LogP) is 3.10. The Balaban J connectivity index is 2.13. The third kappa shape index (κ3) is 2.99. The molecule has 2 rings (SSSR count). The fourth-order valence-electron chi connectivity index (χ4n) is 2.60. The number of hydrogen-bond donors (Lipinski definition) is 2. The van der Waals surface area contributed by atoms with Crippen molar-refractivity contribution in [2.45, 2.75) is 45.6 Å². The van der Waals surface area contributed by atoms with Crippen molar-refractivity contribution in [1.29, 1.82) is 0 Å². The summed E-state index contributed by atoms with van der Waals surface area (Å²) >= 11 is 4.99. The fourth-order valence-corrected chi connectivity index (χ4v) is 2.73. The molecule has 0 bridgehead atoms. The van der Waals surface area contributed by atoms with Gasteiger partial charge in [0.15, 0.2) is 0 Å². The molecular formula is C14H21N3S. The van der Waals surface area contributed by atoms with Crippen LogP contribution in [0.25, 0.3) is 0 Å². The number of thiocarbonyl (C=S) groups is 1. The number of pyridine rings is 1. The number of nitrogens with two attached hydrogens (primary N) is 1. The molecule has 1 aromatic rings. The summed E-state index contributed by atoms with van der Waals surface area (Å²) in [5.74, 6) is 0.875. The van der Waals surface area contributed by atoms with Crippen molar-refractivity contribution in [2.75, 3.05) is 5.32 Å². The first kappa shape index (κ1) is 13.3. The Morgan fingerprint density at radius 1 is 1.50 bits per heavy atom. The second-order valence-corrected chi connectivity index (χ2v) is 6.17. The van der Waals surface area contributed by atoms with E-state index in [1.807, 2.05) is 12.1 Å². The number of anilines is 1. The molecule has 0 aliphatic heterocycles. The molecule has 4 heteroatoms. The van der Waals surface area contributed by atoms with Crippen molar-refractivity contribution in [2.24, 2.45) is 11.1 Å². The lowest BCUT2D eigenvalue weighted by atomic mass is 9.73. The molecular weight excluding hydrogens is 242 g/mol. The highest BCUT2D eigenvalue weighted by atomic mass is 32.1. The first-order chi connectivity index (χ1) is 8.49. The van der Waals surface area contributed by atoms with Gasteiger partial charge in [-0.25, -0.2) is 4.98 Å². The van der Waals surface area contributed by atoms with Gasteiger partial charge in [-0.1, -0.05) is 38.9 Å². The summed E-state index contributed by atoms with van der Waals surface area (Å²) in [6.45, 7) is 4.64. The molecule has 1 unspecified atom stereocenters. The van der Waals surface area contributed by atoms with E-state index in [0.29, 0.717) is 16.4 Å². The van der Waals surface area contributed by atoms with Crippen molar-refractivity contribution in [3.8, 4) is 0 Å². The van der Waals surface area contributed by atoms with Crippen LogP contribution in [-0.2, 0) is 0 Å². The largest absolute Gasteiger partial charge is 0.389 e. The van der Waals surface area contributed by atoms with E-state index >= 15 is 0 Å². The molecule has 1 aliphatic carbocycles. The molecule has 0 aromatic carbocycles. The van der Waals surface area contributed by atoms with Crippen LogP contribution in [0.15, 0.2) is 18.3 Å². The monoisotopic (exact) mass is 263 g/mol. The van der Waals surface area contributed by atoms with Crippen LogP contribution in [0.2, 0.25) is 0 Å². The lowest BCUT2D eigenvalue weighted by Gasteiger charge is -2.39. The molecule has 0 spiro atoms. The van der Waals surface area contributed by atoms with Gasteiger partial charge < -0.3 is 11.1 Å². The van der Waals surface area contributed by atoms with Crippen molar-refractivity contribution in [1.82, 2.24) is 4.98 Å².